The van der Waals surface area contributed by atoms with Gasteiger partial charge in [-0.25, -0.2) is 4.39 Å². The number of thiophene rings is 1. The van der Waals surface area contributed by atoms with Crippen LogP contribution in [0.4, 0.5) is 9.39 Å². The van der Waals surface area contributed by atoms with Crippen molar-refractivity contribution in [3.8, 4) is 5.69 Å². The topological polar surface area (TPSA) is 65.1 Å². The van der Waals surface area contributed by atoms with Crippen LogP contribution in [-0.2, 0) is 0 Å². The number of nitrogen functional groups attached to an aromatic ring is 1. The van der Waals surface area contributed by atoms with Crippen molar-refractivity contribution in [2.24, 2.45) is 0 Å². The van der Waals surface area contributed by atoms with E-state index < -0.39 is 0 Å². The highest BCUT2D eigenvalue weighted by atomic mass is 32.1. The number of aromatic nitrogens is 1. The predicted octanol–water partition coefficient (Wildman–Crippen LogP) is 4.62. The summed E-state index contributed by atoms with van der Waals surface area (Å²) in [6.45, 7) is 3.58. The monoisotopic (exact) mass is 392 g/mol. The number of fused-ring (bicyclic) bond motifs is 1. The minimum Gasteiger partial charge on any atom is -0.390 e. The summed E-state index contributed by atoms with van der Waals surface area (Å²) in [5, 5.41) is 0.933. The molecular formula is C22H17FN2O2S. The van der Waals surface area contributed by atoms with Crippen molar-refractivity contribution in [2.45, 2.75) is 13.8 Å². The smallest absolute Gasteiger partial charge is 0.256 e. The summed E-state index contributed by atoms with van der Waals surface area (Å²) in [7, 11) is 0. The van der Waals surface area contributed by atoms with Gasteiger partial charge in [-0.15, -0.1) is 0 Å². The van der Waals surface area contributed by atoms with E-state index in [-0.39, 0.29) is 17.2 Å². The van der Waals surface area contributed by atoms with Crippen molar-refractivity contribution < 1.29 is 9.18 Å². The molecule has 2 aromatic carbocycles. The fraction of sp³-hybridized carbons (Fsp3) is 0.0909. The Bertz CT molecular complexity index is 1290. The predicted molar refractivity (Wildman–Crippen MR) is 111 cm³/mol. The summed E-state index contributed by atoms with van der Waals surface area (Å²) in [5.41, 5.74) is 8.87. The molecule has 140 valence electrons. The molecule has 0 fully saturated rings. The molecule has 2 N–H and O–H groups in total. The van der Waals surface area contributed by atoms with Gasteiger partial charge in [0.1, 0.15) is 10.6 Å². The molecule has 0 bridgehead atoms. The molecule has 0 radical (unpaired) electrons. The Labute approximate surface area is 164 Å². The standard InChI is InChI=1S/C22H17FN2O2S/c1-12-3-6-15(7-4-12)25-18(26)10-8-16-19(21(24)28-22(16)25)20(27)14-5-9-17(23)13(2)11-14/h3-11H,24H2,1-2H3. The van der Waals surface area contributed by atoms with Crippen molar-refractivity contribution in [1.29, 1.82) is 0 Å². The molecule has 4 rings (SSSR count). The van der Waals surface area contributed by atoms with Crippen LogP contribution in [0, 0.1) is 19.7 Å². The van der Waals surface area contributed by atoms with E-state index in [9.17, 15) is 14.0 Å². The summed E-state index contributed by atoms with van der Waals surface area (Å²) in [6.07, 6.45) is 0. The zero-order valence-electron chi connectivity index (χ0n) is 15.3. The maximum atomic E-state index is 13.6. The maximum Gasteiger partial charge on any atom is 0.256 e. The second kappa shape index (κ2) is 6.73. The first kappa shape index (κ1) is 18.1. The van der Waals surface area contributed by atoms with Crippen LogP contribution in [0.25, 0.3) is 15.9 Å². The molecule has 0 saturated heterocycles. The molecule has 6 heteroatoms. The van der Waals surface area contributed by atoms with Gasteiger partial charge in [-0.2, -0.15) is 0 Å². The van der Waals surface area contributed by atoms with Crippen LogP contribution >= 0.6 is 11.3 Å². The Morgan fingerprint density at radius 1 is 1.04 bits per heavy atom. The zero-order chi connectivity index (χ0) is 20.0. The largest absolute Gasteiger partial charge is 0.390 e. The Kier molecular flexibility index (Phi) is 4.35. The lowest BCUT2D eigenvalue weighted by atomic mass is 10.0. The summed E-state index contributed by atoms with van der Waals surface area (Å²) in [4.78, 5) is 26.3. The third-order valence-corrected chi connectivity index (χ3v) is 5.73. The lowest BCUT2D eigenvalue weighted by Crippen LogP contribution is -2.16. The van der Waals surface area contributed by atoms with E-state index >= 15 is 0 Å². The summed E-state index contributed by atoms with van der Waals surface area (Å²) in [5.74, 6) is -0.658. The van der Waals surface area contributed by atoms with E-state index in [2.05, 4.69) is 0 Å². The fourth-order valence-corrected chi connectivity index (χ4v) is 4.28. The number of benzene rings is 2. The number of carbonyl (C=O) groups excluding carboxylic acids is 1. The van der Waals surface area contributed by atoms with Crippen molar-refractivity contribution in [3.63, 3.8) is 0 Å². The lowest BCUT2D eigenvalue weighted by Gasteiger charge is -2.08. The molecule has 0 saturated carbocycles. The molecule has 0 spiro atoms. The Morgan fingerprint density at radius 2 is 1.75 bits per heavy atom. The Morgan fingerprint density at radius 3 is 2.43 bits per heavy atom. The number of hydrogen-bond donors (Lipinski definition) is 1. The minimum atomic E-state index is -0.368. The third kappa shape index (κ3) is 2.92. The van der Waals surface area contributed by atoms with Crippen LogP contribution in [0.15, 0.2) is 59.4 Å². The van der Waals surface area contributed by atoms with Crippen LogP contribution in [0.3, 0.4) is 0 Å². The molecule has 0 aliphatic rings. The Hall–Kier alpha value is -3.25. The normalized spacial score (nSPS) is 11.1. The molecule has 28 heavy (non-hydrogen) atoms. The van der Waals surface area contributed by atoms with Gasteiger partial charge in [0.05, 0.1) is 16.3 Å². The molecule has 0 atom stereocenters. The first-order chi connectivity index (χ1) is 13.4. The van der Waals surface area contributed by atoms with Crippen LogP contribution < -0.4 is 11.3 Å². The first-order valence-corrected chi connectivity index (χ1v) is 9.50. The molecule has 2 heterocycles. The van der Waals surface area contributed by atoms with Crippen LogP contribution in [0.2, 0.25) is 0 Å². The molecule has 4 nitrogen and oxygen atoms in total. The number of nitrogens with two attached hydrogens (primary N) is 1. The van der Waals surface area contributed by atoms with E-state index in [0.717, 1.165) is 5.56 Å². The minimum absolute atomic E-state index is 0.200. The highest BCUT2D eigenvalue weighted by molar-refractivity contribution is 7.22. The quantitative estimate of drug-likeness (QED) is 0.517. The second-order valence-electron chi connectivity index (χ2n) is 6.70. The van der Waals surface area contributed by atoms with E-state index in [1.54, 1.807) is 17.6 Å². The number of anilines is 1. The summed E-state index contributed by atoms with van der Waals surface area (Å²) >= 11 is 1.19. The summed E-state index contributed by atoms with van der Waals surface area (Å²) < 4.78 is 15.1. The number of hydrogen-bond acceptors (Lipinski definition) is 4. The number of nitrogens with zero attached hydrogens (tertiary/aromatic N) is 1. The number of rotatable bonds is 3. The highest BCUT2D eigenvalue weighted by Crippen LogP contribution is 2.35. The van der Waals surface area contributed by atoms with Gasteiger partial charge in [-0.05, 0) is 55.8 Å². The molecule has 0 unspecified atom stereocenters. The van der Waals surface area contributed by atoms with Crippen LogP contribution in [0.1, 0.15) is 27.0 Å². The van der Waals surface area contributed by atoms with E-state index in [1.807, 2.05) is 31.2 Å². The van der Waals surface area contributed by atoms with Crippen LogP contribution in [0.5, 0.6) is 0 Å². The lowest BCUT2D eigenvalue weighted by molar-refractivity contribution is 0.104. The van der Waals surface area contributed by atoms with Gasteiger partial charge in [0, 0.05) is 17.0 Å². The average Bonchev–Trinajstić information content (AvgIpc) is 3.00. The average molecular weight is 392 g/mol. The van der Waals surface area contributed by atoms with Gasteiger partial charge < -0.3 is 5.73 Å². The second-order valence-corrected chi connectivity index (χ2v) is 7.73. The molecule has 0 amide bonds. The van der Waals surface area contributed by atoms with E-state index in [4.69, 9.17) is 5.73 Å². The molecule has 0 aliphatic heterocycles. The van der Waals surface area contributed by atoms with Crippen molar-refractivity contribution >= 4 is 32.3 Å². The van der Waals surface area contributed by atoms with Gasteiger partial charge in [-0.3, -0.25) is 14.2 Å². The van der Waals surface area contributed by atoms with Gasteiger partial charge in [0.2, 0.25) is 0 Å². The number of halogens is 1. The molecular weight excluding hydrogens is 375 g/mol. The van der Waals surface area contributed by atoms with Crippen molar-refractivity contribution in [1.82, 2.24) is 4.57 Å². The molecule has 0 aliphatic carbocycles. The first-order valence-electron chi connectivity index (χ1n) is 8.69. The van der Waals surface area contributed by atoms with Gasteiger partial charge in [0.15, 0.2) is 5.78 Å². The van der Waals surface area contributed by atoms with Gasteiger partial charge in [0.25, 0.3) is 5.56 Å². The van der Waals surface area contributed by atoms with Crippen molar-refractivity contribution in [2.75, 3.05) is 5.73 Å². The maximum absolute atomic E-state index is 13.6. The van der Waals surface area contributed by atoms with E-state index in [0.29, 0.717) is 37.6 Å². The fourth-order valence-electron chi connectivity index (χ4n) is 3.20. The van der Waals surface area contributed by atoms with Gasteiger partial charge >= 0.3 is 0 Å². The van der Waals surface area contributed by atoms with E-state index in [1.165, 1.54) is 35.6 Å². The third-order valence-electron chi connectivity index (χ3n) is 4.71. The highest BCUT2D eigenvalue weighted by Gasteiger charge is 2.22. The molecule has 4 aromatic rings. The Balaban J connectivity index is 1.94. The number of aryl methyl sites for hydroxylation is 2. The van der Waals surface area contributed by atoms with Crippen LogP contribution in [-0.4, -0.2) is 10.4 Å². The van der Waals surface area contributed by atoms with Gasteiger partial charge in [-0.1, -0.05) is 29.0 Å². The zero-order valence-corrected chi connectivity index (χ0v) is 16.1. The summed E-state index contributed by atoms with van der Waals surface area (Å²) in [6, 6.07) is 14.8. The van der Waals surface area contributed by atoms with Crippen molar-refractivity contribution in [3.05, 3.63) is 93.0 Å². The number of carbonyl (C=O) groups is 1. The number of ketones is 1. The SMILES string of the molecule is Cc1ccc(-n2c(=O)ccc3c(C(=O)c4ccc(F)c(C)c4)c(N)sc32)cc1. The number of pyridine rings is 1. The molecule has 2 aromatic heterocycles.